The molecule has 0 atom stereocenters. The lowest BCUT2D eigenvalue weighted by molar-refractivity contribution is -0.385. The molecule has 0 aliphatic carbocycles. The Labute approximate surface area is 122 Å². The highest BCUT2D eigenvalue weighted by atomic mass is 79.9. The summed E-state index contributed by atoms with van der Waals surface area (Å²) in [4.78, 5) is 26.1. The van der Waals surface area contributed by atoms with E-state index < -0.39 is 10.8 Å². The van der Waals surface area contributed by atoms with Gasteiger partial charge in [0.1, 0.15) is 5.82 Å². The number of hydrogen-bond donors (Lipinski definition) is 2. The SMILES string of the molecule is Nc1ncccc1C(=O)Nc1ccc(Br)c([N+](=O)[O-])c1. The van der Waals surface area contributed by atoms with Gasteiger partial charge in [0.15, 0.2) is 0 Å². The summed E-state index contributed by atoms with van der Waals surface area (Å²) in [6.07, 6.45) is 1.47. The summed E-state index contributed by atoms with van der Waals surface area (Å²) >= 11 is 3.07. The zero-order valence-electron chi connectivity index (χ0n) is 10.0. The summed E-state index contributed by atoms with van der Waals surface area (Å²) < 4.78 is 0.335. The molecule has 0 radical (unpaired) electrons. The summed E-state index contributed by atoms with van der Waals surface area (Å²) in [6.45, 7) is 0. The highest BCUT2D eigenvalue weighted by Gasteiger charge is 2.15. The Morgan fingerprint density at radius 1 is 1.40 bits per heavy atom. The largest absolute Gasteiger partial charge is 0.383 e. The summed E-state index contributed by atoms with van der Waals surface area (Å²) in [6, 6.07) is 7.39. The van der Waals surface area contributed by atoms with Crippen LogP contribution in [0.4, 0.5) is 17.2 Å². The lowest BCUT2D eigenvalue weighted by Crippen LogP contribution is -2.14. The summed E-state index contributed by atoms with van der Waals surface area (Å²) in [5.41, 5.74) is 5.96. The van der Waals surface area contributed by atoms with E-state index in [4.69, 9.17) is 5.73 Å². The number of anilines is 2. The van der Waals surface area contributed by atoms with Crippen molar-refractivity contribution >= 4 is 39.0 Å². The van der Waals surface area contributed by atoms with Crippen molar-refractivity contribution in [2.24, 2.45) is 0 Å². The van der Waals surface area contributed by atoms with E-state index in [9.17, 15) is 14.9 Å². The smallest absolute Gasteiger partial charge is 0.285 e. The first kappa shape index (κ1) is 13.9. The molecule has 1 aromatic carbocycles. The first-order chi connectivity index (χ1) is 9.49. The van der Waals surface area contributed by atoms with Crippen LogP contribution < -0.4 is 11.1 Å². The number of amides is 1. The van der Waals surface area contributed by atoms with Gasteiger partial charge in [0, 0.05) is 18.0 Å². The molecule has 0 saturated carbocycles. The Morgan fingerprint density at radius 3 is 2.80 bits per heavy atom. The number of hydrogen-bond acceptors (Lipinski definition) is 5. The average Bonchev–Trinajstić information content (AvgIpc) is 2.41. The van der Waals surface area contributed by atoms with Crippen LogP contribution >= 0.6 is 15.9 Å². The molecule has 0 unspecified atom stereocenters. The van der Waals surface area contributed by atoms with Crippen molar-refractivity contribution in [3.8, 4) is 0 Å². The number of halogens is 1. The summed E-state index contributed by atoms with van der Waals surface area (Å²) in [5.74, 6) is -0.385. The van der Waals surface area contributed by atoms with E-state index in [1.54, 1.807) is 12.1 Å². The second-order valence-electron chi connectivity index (χ2n) is 3.81. The van der Waals surface area contributed by atoms with Crippen molar-refractivity contribution in [3.63, 3.8) is 0 Å². The Bertz CT molecular complexity index is 690. The Kier molecular flexibility index (Phi) is 3.94. The zero-order chi connectivity index (χ0) is 14.7. The minimum atomic E-state index is -0.543. The van der Waals surface area contributed by atoms with Crippen LogP contribution in [0.25, 0.3) is 0 Å². The zero-order valence-corrected chi connectivity index (χ0v) is 11.6. The lowest BCUT2D eigenvalue weighted by Gasteiger charge is -2.07. The van der Waals surface area contributed by atoms with Crippen LogP contribution in [0.15, 0.2) is 41.0 Å². The molecule has 102 valence electrons. The summed E-state index contributed by atoms with van der Waals surface area (Å²) in [7, 11) is 0. The Hall–Kier alpha value is -2.48. The third-order valence-electron chi connectivity index (χ3n) is 2.48. The minimum absolute atomic E-state index is 0.0941. The van der Waals surface area contributed by atoms with Crippen molar-refractivity contribution < 1.29 is 9.72 Å². The quantitative estimate of drug-likeness (QED) is 0.660. The number of nitro groups is 1. The van der Waals surface area contributed by atoms with E-state index in [1.165, 1.54) is 24.4 Å². The van der Waals surface area contributed by atoms with Crippen LogP contribution in [0.3, 0.4) is 0 Å². The van der Waals surface area contributed by atoms with Gasteiger partial charge in [-0.05, 0) is 40.2 Å². The number of aromatic nitrogens is 1. The standard InChI is InChI=1S/C12H9BrN4O3/c13-9-4-3-7(6-10(9)17(19)20)16-12(18)8-2-1-5-15-11(8)14/h1-6H,(H2,14,15)(H,16,18). The second-order valence-corrected chi connectivity index (χ2v) is 4.67. The molecule has 20 heavy (non-hydrogen) atoms. The van der Waals surface area contributed by atoms with Gasteiger partial charge in [-0.2, -0.15) is 0 Å². The van der Waals surface area contributed by atoms with Gasteiger partial charge in [0.25, 0.3) is 11.6 Å². The molecule has 0 aliphatic heterocycles. The average molecular weight is 337 g/mol. The fourth-order valence-corrected chi connectivity index (χ4v) is 1.93. The third-order valence-corrected chi connectivity index (χ3v) is 3.15. The number of pyridine rings is 1. The fraction of sp³-hybridized carbons (Fsp3) is 0. The number of rotatable bonds is 3. The number of carbonyl (C=O) groups excluding carboxylic acids is 1. The van der Waals surface area contributed by atoms with E-state index in [0.29, 0.717) is 10.2 Å². The lowest BCUT2D eigenvalue weighted by atomic mass is 10.2. The molecular weight excluding hydrogens is 328 g/mol. The van der Waals surface area contributed by atoms with Crippen LogP contribution in [0.1, 0.15) is 10.4 Å². The van der Waals surface area contributed by atoms with Crippen molar-refractivity contribution in [1.82, 2.24) is 4.98 Å². The molecule has 3 N–H and O–H groups in total. The van der Waals surface area contributed by atoms with E-state index >= 15 is 0 Å². The molecule has 1 amide bonds. The number of benzene rings is 1. The highest BCUT2D eigenvalue weighted by molar-refractivity contribution is 9.10. The van der Waals surface area contributed by atoms with Crippen LogP contribution in [-0.4, -0.2) is 15.8 Å². The maximum absolute atomic E-state index is 12.0. The Morgan fingerprint density at radius 2 is 2.15 bits per heavy atom. The van der Waals surface area contributed by atoms with E-state index in [0.717, 1.165) is 0 Å². The van der Waals surface area contributed by atoms with Gasteiger partial charge in [-0.25, -0.2) is 4.98 Å². The van der Waals surface area contributed by atoms with Crippen LogP contribution in [0.2, 0.25) is 0 Å². The number of carbonyl (C=O) groups is 1. The highest BCUT2D eigenvalue weighted by Crippen LogP contribution is 2.28. The maximum Gasteiger partial charge on any atom is 0.285 e. The molecule has 0 spiro atoms. The summed E-state index contributed by atoms with van der Waals surface area (Å²) in [5, 5.41) is 13.4. The molecule has 0 bridgehead atoms. The molecule has 0 fully saturated rings. The number of nitrogens with zero attached hydrogens (tertiary/aromatic N) is 2. The predicted molar refractivity (Wildman–Crippen MR) is 77.4 cm³/mol. The topological polar surface area (TPSA) is 111 Å². The van der Waals surface area contributed by atoms with Crippen LogP contribution in [0, 0.1) is 10.1 Å². The van der Waals surface area contributed by atoms with Crippen LogP contribution in [0.5, 0.6) is 0 Å². The van der Waals surface area contributed by atoms with Crippen molar-refractivity contribution in [3.05, 3.63) is 56.7 Å². The molecule has 2 aromatic rings. The molecule has 7 nitrogen and oxygen atoms in total. The molecule has 1 aromatic heterocycles. The van der Waals surface area contributed by atoms with Crippen molar-refractivity contribution in [1.29, 1.82) is 0 Å². The van der Waals surface area contributed by atoms with Gasteiger partial charge in [0.05, 0.1) is 15.0 Å². The molecular formula is C12H9BrN4O3. The monoisotopic (exact) mass is 336 g/mol. The first-order valence-corrected chi connectivity index (χ1v) is 6.24. The second kappa shape index (κ2) is 5.66. The molecule has 0 saturated heterocycles. The number of nitrogens with one attached hydrogen (secondary N) is 1. The van der Waals surface area contributed by atoms with Gasteiger partial charge in [-0.3, -0.25) is 14.9 Å². The third kappa shape index (κ3) is 2.91. The molecule has 1 heterocycles. The number of nitrogen functional groups attached to an aromatic ring is 1. The number of nitrogens with two attached hydrogens (primary N) is 1. The van der Waals surface area contributed by atoms with E-state index in [2.05, 4.69) is 26.2 Å². The number of nitro benzene ring substituents is 1. The molecule has 0 aliphatic rings. The van der Waals surface area contributed by atoms with E-state index in [1.807, 2.05) is 0 Å². The van der Waals surface area contributed by atoms with Gasteiger partial charge in [-0.15, -0.1) is 0 Å². The maximum atomic E-state index is 12.0. The fourth-order valence-electron chi connectivity index (χ4n) is 1.54. The molecule has 8 heteroatoms. The van der Waals surface area contributed by atoms with Gasteiger partial charge >= 0.3 is 0 Å². The first-order valence-electron chi connectivity index (χ1n) is 5.45. The minimum Gasteiger partial charge on any atom is -0.383 e. The van der Waals surface area contributed by atoms with Gasteiger partial charge in [-0.1, -0.05) is 0 Å². The van der Waals surface area contributed by atoms with Gasteiger partial charge < -0.3 is 11.1 Å². The van der Waals surface area contributed by atoms with Crippen molar-refractivity contribution in [2.45, 2.75) is 0 Å². The van der Waals surface area contributed by atoms with Crippen molar-refractivity contribution in [2.75, 3.05) is 11.1 Å². The predicted octanol–water partition coefficient (Wildman–Crippen LogP) is 2.59. The molecule has 2 rings (SSSR count). The van der Waals surface area contributed by atoms with Crippen LogP contribution in [-0.2, 0) is 0 Å². The Balaban J connectivity index is 2.27. The normalized spacial score (nSPS) is 10.1. The van der Waals surface area contributed by atoms with E-state index in [-0.39, 0.29) is 17.1 Å². The van der Waals surface area contributed by atoms with Gasteiger partial charge in [0.2, 0.25) is 0 Å².